The van der Waals surface area contributed by atoms with Crippen molar-refractivity contribution >= 4 is 12.0 Å². The van der Waals surface area contributed by atoms with Crippen LogP contribution in [0.5, 0.6) is 0 Å². The third-order valence-corrected chi connectivity index (χ3v) is 2.22. The molecule has 4 N–H and O–H groups in total. The summed E-state index contributed by atoms with van der Waals surface area (Å²) in [6.07, 6.45) is -0.285. The fourth-order valence-corrected chi connectivity index (χ4v) is 1.38. The molecule has 0 aromatic carbocycles. The molecular formula is C8H15N3O3. The first kappa shape index (κ1) is 10.8. The number of carbonyl (C=O) groups excluding carboxylic acids is 1. The van der Waals surface area contributed by atoms with E-state index in [4.69, 9.17) is 10.8 Å². The number of carboxylic acid groups (broad SMARTS) is 1. The first-order chi connectivity index (χ1) is 6.50. The van der Waals surface area contributed by atoms with Crippen molar-refractivity contribution in [1.82, 2.24) is 10.2 Å². The molecule has 1 fully saturated rings. The molecular weight excluding hydrogens is 186 g/mol. The van der Waals surface area contributed by atoms with Gasteiger partial charge >= 0.3 is 6.09 Å². The lowest BCUT2D eigenvalue weighted by atomic mass is 10.2. The van der Waals surface area contributed by atoms with Crippen LogP contribution in [0.4, 0.5) is 4.79 Å². The number of rotatable bonds is 2. The molecule has 2 atom stereocenters. The molecule has 1 heterocycles. The number of carbonyl (C=O) groups is 2. The van der Waals surface area contributed by atoms with Crippen LogP contribution < -0.4 is 11.1 Å². The largest absolute Gasteiger partial charge is 0.465 e. The minimum Gasteiger partial charge on any atom is -0.465 e. The molecule has 0 aliphatic carbocycles. The second-order valence-electron chi connectivity index (χ2n) is 3.51. The molecule has 1 aliphatic heterocycles. The van der Waals surface area contributed by atoms with Crippen LogP contribution in [-0.4, -0.2) is 47.2 Å². The summed E-state index contributed by atoms with van der Waals surface area (Å²) >= 11 is 0. The molecule has 0 saturated carbocycles. The first-order valence-electron chi connectivity index (χ1n) is 4.54. The third-order valence-electron chi connectivity index (χ3n) is 2.22. The molecule has 1 aliphatic rings. The summed E-state index contributed by atoms with van der Waals surface area (Å²) in [5.74, 6) is -0.234. The first-order valence-corrected chi connectivity index (χ1v) is 4.54. The molecule has 6 nitrogen and oxygen atoms in total. The van der Waals surface area contributed by atoms with Gasteiger partial charge < -0.3 is 21.1 Å². The van der Waals surface area contributed by atoms with Gasteiger partial charge in [-0.15, -0.1) is 0 Å². The Labute approximate surface area is 82.1 Å². The smallest absolute Gasteiger partial charge is 0.407 e. The van der Waals surface area contributed by atoms with Crippen LogP contribution in [0.2, 0.25) is 0 Å². The minimum atomic E-state index is -0.942. The van der Waals surface area contributed by atoms with Gasteiger partial charge in [0.05, 0.1) is 6.04 Å². The lowest BCUT2D eigenvalue weighted by Gasteiger charge is -2.15. The monoisotopic (exact) mass is 201 g/mol. The highest BCUT2D eigenvalue weighted by atomic mass is 16.4. The van der Waals surface area contributed by atoms with Gasteiger partial charge in [-0.05, 0) is 13.3 Å². The molecule has 0 aromatic heterocycles. The third kappa shape index (κ3) is 2.59. The van der Waals surface area contributed by atoms with Crippen molar-refractivity contribution in [3.8, 4) is 0 Å². The van der Waals surface area contributed by atoms with Crippen LogP contribution in [0.3, 0.4) is 0 Å². The Hall–Kier alpha value is -1.30. The molecule has 2 amide bonds. The second-order valence-corrected chi connectivity index (χ2v) is 3.51. The molecule has 0 spiro atoms. The van der Waals surface area contributed by atoms with Crippen molar-refractivity contribution in [3.63, 3.8) is 0 Å². The van der Waals surface area contributed by atoms with Crippen LogP contribution in [0, 0.1) is 0 Å². The zero-order valence-electron chi connectivity index (χ0n) is 8.06. The number of amides is 2. The predicted octanol–water partition coefficient (Wildman–Crippen LogP) is -0.798. The maximum Gasteiger partial charge on any atom is 0.407 e. The van der Waals surface area contributed by atoms with E-state index >= 15 is 0 Å². The lowest BCUT2D eigenvalue weighted by Crippen LogP contribution is -2.45. The molecule has 0 bridgehead atoms. The highest BCUT2D eigenvalue weighted by molar-refractivity contribution is 5.81. The van der Waals surface area contributed by atoms with Gasteiger partial charge in [-0.3, -0.25) is 4.79 Å². The van der Waals surface area contributed by atoms with Crippen molar-refractivity contribution in [2.45, 2.75) is 25.4 Å². The predicted molar refractivity (Wildman–Crippen MR) is 49.8 cm³/mol. The average molecular weight is 201 g/mol. The van der Waals surface area contributed by atoms with Gasteiger partial charge in [-0.1, -0.05) is 0 Å². The van der Waals surface area contributed by atoms with E-state index in [2.05, 4.69) is 5.32 Å². The number of hydrogen-bond donors (Lipinski definition) is 3. The summed E-state index contributed by atoms with van der Waals surface area (Å²) in [6.45, 7) is 2.42. The van der Waals surface area contributed by atoms with Crippen LogP contribution in [-0.2, 0) is 4.79 Å². The highest BCUT2D eigenvalue weighted by Crippen LogP contribution is 2.08. The Morgan fingerprint density at radius 3 is 2.71 bits per heavy atom. The molecule has 0 aromatic rings. The van der Waals surface area contributed by atoms with Gasteiger partial charge in [0.2, 0.25) is 5.91 Å². The summed E-state index contributed by atoms with van der Waals surface area (Å²) in [4.78, 5) is 23.0. The molecule has 1 rings (SSSR count). The number of hydrogen-bond acceptors (Lipinski definition) is 3. The van der Waals surface area contributed by atoms with Gasteiger partial charge in [0.25, 0.3) is 0 Å². The van der Waals surface area contributed by atoms with E-state index in [1.807, 2.05) is 0 Å². The SMILES string of the molecule is C[C@@H](N)C(=O)N[C@H]1CCN(C(=O)O)C1. The van der Waals surface area contributed by atoms with Crippen molar-refractivity contribution < 1.29 is 14.7 Å². The van der Waals surface area contributed by atoms with Crippen LogP contribution >= 0.6 is 0 Å². The van der Waals surface area contributed by atoms with E-state index in [1.54, 1.807) is 6.92 Å². The standard InChI is InChI=1S/C8H15N3O3/c1-5(9)7(12)10-6-2-3-11(4-6)8(13)14/h5-6H,2-4,9H2,1H3,(H,10,12)(H,13,14)/t5-,6+/m1/s1. The van der Waals surface area contributed by atoms with Gasteiger partial charge in [0.1, 0.15) is 0 Å². The van der Waals surface area contributed by atoms with Crippen molar-refractivity contribution in [2.75, 3.05) is 13.1 Å². The summed E-state index contributed by atoms with van der Waals surface area (Å²) in [6, 6.07) is -0.640. The minimum absolute atomic E-state index is 0.0930. The van der Waals surface area contributed by atoms with E-state index in [0.29, 0.717) is 19.5 Å². The van der Waals surface area contributed by atoms with Crippen molar-refractivity contribution in [3.05, 3.63) is 0 Å². The van der Waals surface area contributed by atoms with E-state index in [-0.39, 0.29) is 11.9 Å². The van der Waals surface area contributed by atoms with Gasteiger partial charge in [-0.25, -0.2) is 4.79 Å². The summed E-state index contributed by atoms with van der Waals surface area (Å²) in [7, 11) is 0. The molecule has 14 heavy (non-hydrogen) atoms. The van der Waals surface area contributed by atoms with E-state index in [1.165, 1.54) is 4.90 Å². The number of nitrogens with one attached hydrogen (secondary N) is 1. The van der Waals surface area contributed by atoms with Crippen molar-refractivity contribution in [2.24, 2.45) is 5.73 Å². The Kier molecular flexibility index (Phi) is 3.29. The fourth-order valence-electron chi connectivity index (χ4n) is 1.38. The highest BCUT2D eigenvalue weighted by Gasteiger charge is 2.27. The Morgan fingerprint density at radius 2 is 2.29 bits per heavy atom. The summed E-state index contributed by atoms with van der Waals surface area (Å²) in [5.41, 5.74) is 5.37. The molecule has 1 saturated heterocycles. The quantitative estimate of drug-likeness (QED) is 0.545. The Morgan fingerprint density at radius 1 is 1.64 bits per heavy atom. The zero-order valence-corrected chi connectivity index (χ0v) is 8.06. The summed E-state index contributed by atoms with van der Waals surface area (Å²) in [5, 5.41) is 11.4. The molecule has 80 valence electrons. The van der Waals surface area contributed by atoms with Gasteiger partial charge in [-0.2, -0.15) is 0 Å². The molecule has 0 unspecified atom stereocenters. The lowest BCUT2D eigenvalue weighted by molar-refractivity contribution is -0.122. The van der Waals surface area contributed by atoms with E-state index < -0.39 is 12.1 Å². The van der Waals surface area contributed by atoms with Gasteiger partial charge in [0, 0.05) is 19.1 Å². The van der Waals surface area contributed by atoms with Crippen molar-refractivity contribution in [1.29, 1.82) is 0 Å². The van der Waals surface area contributed by atoms with Crippen LogP contribution in [0.25, 0.3) is 0 Å². The topological polar surface area (TPSA) is 95.7 Å². The fraction of sp³-hybridized carbons (Fsp3) is 0.750. The van der Waals surface area contributed by atoms with Gasteiger partial charge in [0.15, 0.2) is 0 Å². The van der Waals surface area contributed by atoms with Crippen LogP contribution in [0.1, 0.15) is 13.3 Å². The maximum absolute atomic E-state index is 11.2. The summed E-state index contributed by atoms with van der Waals surface area (Å²) < 4.78 is 0. The second kappa shape index (κ2) is 4.28. The number of nitrogens with zero attached hydrogens (tertiary/aromatic N) is 1. The zero-order chi connectivity index (χ0) is 10.7. The van der Waals surface area contributed by atoms with E-state index in [0.717, 1.165) is 0 Å². The van der Waals surface area contributed by atoms with E-state index in [9.17, 15) is 9.59 Å². The number of likely N-dealkylation sites (tertiary alicyclic amines) is 1. The maximum atomic E-state index is 11.2. The Balaban J connectivity index is 2.36. The normalized spacial score (nSPS) is 23.3. The van der Waals surface area contributed by atoms with Crippen LogP contribution in [0.15, 0.2) is 0 Å². The molecule has 6 heteroatoms. The average Bonchev–Trinajstić information content (AvgIpc) is 2.52. The Bertz CT molecular complexity index is 242. The number of nitrogens with two attached hydrogens (primary N) is 1. The molecule has 0 radical (unpaired) electrons.